The van der Waals surface area contributed by atoms with Gasteiger partial charge in [0.25, 0.3) is 0 Å². The summed E-state index contributed by atoms with van der Waals surface area (Å²) in [5.41, 5.74) is 13.7. The quantitative estimate of drug-likeness (QED) is 0.138. The fourth-order valence-corrected chi connectivity index (χ4v) is 6.32. The van der Waals surface area contributed by atoms with Crippen molar-refractivity contribution >= 4 is 34.7 Å². The van der Waals surface area contributed by atoms with Gasteiger partial charge in [-0.05, 0) is 105 Å². The van der Waals surface area contributed by atoms with Crippen LogP contribution in [0.2, 0.25) is 0 Å². The number of benzene rings is 5. The van der Waals surface area contributed by atoms with Crippen LogP contribution in [0.1, 0.15) is 46.2 Å². The van der Waals surface area contributed by atoms with Crippen LogP contribution >= 0.6 is 0 Å². The molecule has 0 heterocycles. The van der Waals surface area contributed by atoms with Crippen LogP contribution in [0.3, 0.4) is 0 Å². The Labute approximate surface area is 241 Å². The van der Waals surface area contributed by atoms with Crippen molar-refractivity contribution in [3.05, 3.63) is 149 Å². The number of hydrogen-bond donors (Lipinski definition) is 1. The van der Waals surface area contributed by atoms with Crippen molar-refractivity contribution in [1.29, 1.82) is 0 Å². The topological polar surface area (TPSA) is 38.4 Å². The molecule has 198 valence electrons. The van der Waals surface area contributed by atoms with Crippen LogP contribution in [0.25, 0.3) is 51.3 Å². The Balaban J connectivity index is 1.19. The third-order valence-corrected chi connectivity index (χ3v) is 8.39. The summed E-state index contributed by atoms with van der Waals surface area (Å²) in [5.74, 6) is 5.68. The average Bonchev–Trinajstić information content (AvgIpc) is 3.06. The zero-order valence-corrected chi connectivity index (χ0v) is 23.1. The van der Waals surface area contributed by atoms with E-state index in [0.29, 0.717) is 0 Å². The molecule has 0 amide bonds. The van der Waals surface area contributed by atoms with Crippen LogP contribution in [0.15, 0.2) is 120 Å². The van der Waals surface area contributed by atoms with Crippen molar-refractivity contribution in [2.45, 2.75) is 25.7 Å². The number of nitrogens with zero attached hydrogens (tertiary/aromatic N) is 1. The normalized spacial score (nSPS) is 14.4. The highest BCUT2D eigenvalue weighted by molar-refractivity contribution is 6.10. The van der Waals surface area contributed by atoms with E-state index in [1.807, 2.05) is 36.4 Å². The first-order chi connectivity index (χ1) is 20.3. The largest absolute Gasteiger partial charge is 0.323 e. The summed E-state index contributed by atoms with van der Waals surface area (Å²) in [4.78, 5) is 0. The Morgan fingerprint density at radius 2 is 1.24 bits per heavy atom. The van der Waals surface area contributed by atoms with E-state index in [1.165, 1.54) is 44.2 Å². The molecule has 0 fully saturated rings. The molecule has 0 aliphatic heterocycles. The number of nitrogens with two attached hydrogens (primary N) is 1. The minimum absolute atomic E-state index is 0.754. The van der Waals surface area contributed by atoms with E-state index in [0.717, 1.165) is 42.5 Å². The maximum atomic E-state index is 5.68. The van der Waals surface area contributed by atoms with Crippen molar-refractivity contribution < 1.29 is 0 Å². The summed E-state index contributed by atoms with van der Waals surface area (Å²) in [5, 5.41) is 6.73. The standard InChI is InChI=1S/C39H32N2/c40-41-39(30-10-2-1-3-11-30)24-17-27-9-8-12-31(25-27)28-18-20-29(21-19-28)32-22-23-37-35-15-5-4-13-33(35)34-14-6-7-16-36(34)38(37)26-32/h1-3,5,7-12,15-26H,4,6,13-14,40H2/b24-17-,41-39+. The first-order valence-electron chi connectivity index (χ1n) is 14.5. The summed E-state index contributed by atoms with van der Waals surface area (Å²) in [6.07, 6.45) is 18.0. The third kappa shape index (κ3) is 4.83. The third-order valence-electron chi connectivity index (χ3n) is 8.39. The lowest BCUT2D eigenvalue weighted by Gasteiger charge is -2.24. The number of allylic oxidation sites excluding steroid dienone is 3. The first kappa shape index (κ1) is 25.0. The van der Waals surface area contributed by atoms with Gasteiger partial charge < -0.3 is 5.84 Å². The second-order valence-electron chi connectivity index (χ2n) is 10.8. The molecule has 0 saturated heterocycles. The minimum atomic E-state index is 0.754. The van der Waals surface area contributed by atoms with Crippen molar-refractivity contribution in [3.63, 3.8) is 0 Å². The summed E-state index contributed by atoms with van der Waals surface area (Å²) in [6.45, 7) is 0. The molecule has 0 atom stereocenters. The van der Waals surface area contributed by atoms with Crippen LogP contribution in [-0.4, -0.2) is 5.71 Å². The maximum absolute atomic E-state index is 5.68. The van der Waals surface area contributed by atoms with Crippen LogP contribution in [-0.2, 0) is 12.8 Å². The summed E-state index contributed by atoms with van der Waals surface area (Å²) < 4.78 is 0. The van der Waals surface area contributed by atoms with Crippen molar-refractivity contribution in [3.8, 4) is 22.3 Å². The SMILES string of the molecule is N/N=C(\C=C/c1cccc(-c2ccc(-c3ccc4c5c(c6c(c4c3)C=CCC6)CCC=C5)cc2)c1)c1ccccc1. The smallest absolute Gasteiger partial charge is 0.0899 e. The first-order valence-corrected chi connectivity index (χ1v) is 14.5. The second-order valence-corrected chi connectivity index (χ2v) is 10.8. The predicted molar refractivity (Wildman–Crippen MR) is 176 cm³/mol. The van der Waals surface area contributed by atoms with E-state index in [4.69, 9.17) is 5.84 Å². The molecule has 2 nitrogen and oxygen atoms in total. The Morgan fingerprint density at radius 1 is 0.610 bits per heavy atom. The molecule has 0 saturated carbocycles. The average molecular weight is 529 g/mol. The fourth-order valence-electron chi connectivity index (χ4n) is 6.32. The van der Waals surface area contributed by atoms with Crippen LogP contribution in [0.5, 0.6) is 0 Å². The number of fused-ring (bicyclic) bond motifs is 6. The monoisotopic (exact) mass is 528 g/mol. The van der Waals surface area contributed by atoms with Gasteiger partial charge in [0.05, 0.1) is 5.71 Å². The van der Waals surface area contributed by atoms with Crippen molar-refractivity contribution in [2.24, 2.45) is 10.9 Å². The molecule has 5 aromatic carbocycles. The molecule has 0 spiro atoms. The molecule has 2 heteroatoms. The predicted octanol–water partition coefficient (Wildman–Crippen LogP) is 9.47. The molecule has 5 aromatic rings. The van der Waals surface area contributed by atoms with Crippen LogP contribution in [0.4, 0.5) is 0 Å². The van der Waals surface area contributed by atoms with Gasteiger partial charge in [-0.2, -0.15) is 5.10 Å². The second kappa shape index (κ2) is 10.9. The van der Waals surface area contributed by atoms with E-state index in [-0.39, 0.29) is 0 Å². The minimum Gasteiger partial charge on any atom is -0.323 e. The summed E-state index contributed by atoms with van der Waals surface area (Å²) >= 11 is 0. The number of hydrogen-bond acceptors (Lipinski definition) is 2. The van der Waals surface area contributed by atoms with Gasteiger partial charge in [0, 0.05) is 5.56 Å². The van der Waals surface area contributed by atoms with Gasteiger partial charge in [0.15, 0.2) is 0 Å². The highest BCUT2D eigenvalue weighted by atomic mass is 15.1. The molecule has 0 radical (unpaired) electrons. The summed E-state index contributed by atoms with van der Waals surface area (Å²) in [7, 11) is 0. The Morgan fingerprint density at radius 3 is 1.93 bits per heavy atom. The molecule has 0 bridgehead atoms. The lowest BCUT2D eigenvalue weighted by Crippen LogP contribution is -2.07. The molecule has 0 aromatic heterocycles. The van der Waals surface area contributed by atoms with Crippen LogP contribution in [0, 0.1) is 0 Å². The van der Waals surface area contributed by atoms with Gasteiger partial charge in [-0.3, -0.25) is 0 Å². The molecule has 2 aliphatic rings. The van der Waals surface area contributed by atoms with Crippen molar-refractivity contribution in [1.82, 2.24) is 0 Å². The lowest BCUT2D eigenvalue weighted by molar-refractivity contribution is 0.911. The number of rotatable bonds is 5. The van der Waals surface area contributed by atoms with Crippen LogP contribution < -0.4 is 5.84 Å². The highest BCUT2D eigenvalue weighted by Crippen LogP contribution is 2.39. The lowest BCUT2D eigenvalue weighted by atomic mass is 9.80. The van der Waals surface area contributed by atoms with Gasteiger partial charge in [-0.25, -0.2) is 0 Å². The Bertz CT molecular complexity index is 1870. The molecule has 7 rings (SSSR count). The summed E-state index contributed by atoms with van der Waals surface area (Å²) in [6, 6.07) is 34.5. The zero-order valence-electron chi connectivity index (χ0n) is 23.1. The molecule has 41 heavy (non-hydrogen) atoms. The van der Waals surface area contributed by atoms with E-state index in [1.54, 1.807) is 11.1 Å². The van der Waals surface area contributed by atoms with E-state index in [2.05, 4.69) is 102 Å². The fraction of sp³-hybridized carbons (Fsp3) is 0.103. The molecular weight excluding hydrogens is 496 g/mol. The van der Waals surface area contributed by atoms with Gasteiger partial charge in [0.1, 0.15) is 0 Å². The molecular formula is C39H32N2. The molecule has 2 N–H and O–H groups in total. The van der Waals surface area contributed by atoms with E-state index in [9.17, 15) is 0 Å². The zero-order chi connectivity index (χ0) is 27.6. The maximum Gasteiger partial charge on any atom is 0.0899 e. The number of hydrazone groups is 1. The van der Waals surface area contributed by atoms with Gasteiger partial charge in [-0.1, -0.05) is 115 Å². The molecule has 0 unspecified atom stereocenters. The Kier molecular flexibility index (Phi) is 6.66. The Hall–Kier alpha value is -4.95. The van der Waals surface area contributed by atoms with E-state index < -0.39 is 0 Å². The van der Waals surface area contributed by atoms with Crippen molar-refractivity contribution in [2.75, 3.05) is 0 Å². The van der Waals surface area contributed by atoms with Gasteiger partial charge in [-0.15, -0.1) is 0 Å². The highest BCUT2D eigenvalue weighted by Gasteiger charge is 2.20. The molecule has 2 aliphatic carbocycles. The van der Waals surface area contributed by atoms with E-state index >= 15 is 0 Å². The van der Waals surface area contributed by atoms with Gasteiger partial charge >= 0.3 is 0 Å². The van der Waals surface area contributed by atoms with Gasteiger partial charge in [0.2, 0.25) is 0 Å².